The number of halogens is 1. The minimum absolute atomic E-state index is 0.00437. The lowest BCUT2D eigenvalue weighted by molar-refractivity contribution is -0.122. The van der Waals surface area contributed by atoms with Crippen LogP contribution in [0.2, 0.25) is 0 Å². The van der Waals surface area contributed by atoms with Gasteiger partial charge in [-0.2, -0.15) is 4.31 Å². The molecule has 1 aliphatic carbocycles. The smallest absolute Gasteiger partial charge is 0.243 e. The van der Waals surface area contributed by atoms with E-state index in [2.05, 4.69) is 5.32 Å². The fourth-order valence-electron chi connectivity index (χ4n) is 3.44. The summed E-state index contributed by atoms with van der Waals surface area (Å²) in [4.78, 5) is 12.7. The summed E-state index contributed by atoms with van der Waals surface area (Å²) in [6.45, 7) is -0.277. The van der Waals surface area contributed by atoms with Crippen molar-refractivity contribution < 1.29 is 17.6 Å². The van der Waals surface area contributed by atoms with E-state index in [9.17, 15) is 17.6 Å². The summed E-state index contributed by atoms with van der Waals surface area (Å²) >= 11 is 0. The molecule has 0 spiro atoms. The molecule has 5 nitrogen and oxygen atoms in total. The predicted molar refractivity (Wildman–Crippen MR) is 105 cm³/mol. The number of hydrogen-bond donors (Lipinski definition) is 1. The van der Waals surface area contributed by atoms with Crippen molar-refractivity contribution in [2.45, 2.75) is 49.6 Å². The number of carbonyl (C=O) groups excluding carboxylic acids is 1. The Bertz CT molecular complexity index is 880. The molecule has 28 heavy (non-hydrogen) atoms. The van der Waals surface area contributed by atoms with Gasteiger partial charge in [0.1, 0.15) is 5.82 Å². The highest BCUT2D eigenvalue weighted by Crippen LogP contribution is 2.20. The van der Waals surface area contributed by atoms with Crippen molar-refractivity contribution in [1.82, 2.24) is 9.62 Å². The van der Waals surface area contributed by atoms with Crippen LogP contribution in [-0.4, -0.2) is 31.2 Å². The van der Waals surface area contributed by atoms with Crippen LogP contribution in [0.1, 0.15) is 37.7 Å². The van der Waals surface area contributed by atoms with E-state index in [1.54, 1.807) is 18.2 Å². The van der Waals surface area contributed by atoms with Crippen LogP contribution in [0.3, 0.4) is 0 Å². The first-order valence-electron chi connectivity index (χ1n) is 9.54. The van der Waals surface area contributed by atoms with E-state index in [4.69, 9.17) is 0 Å². The third kappa shape index (κ3) is 5.39. The molecular weight excluding hydrogens is 379 g/mol. The molecule has 3 rings (SSSR count). The highest BCUT2D eigenvalue weighted by molar-refractivity contribution is 7.89. The predicted octanol–water partition coefficient (Wildman–Crippen LogP) is 3.47. The van der Waals surface area contributed by atoms with E-state index < -0.39 is 15.8 Å². The van der Waals surface area contributed by atoms with Crippen LogP contribution in [0.5, 0.6) is 0 Å². The quantitative estimate of drug-likeness (QED) is 0.768. The van der Waals surface area contributed by atoms with Gasteiger partial charge in [0.05, 0.1) is 11.4 Å². The van der Waals surface area contributed by atoms with Crippen LogP contribution in [-0.2, 0) is 21.4 Å². The summed E-state index contributed by atoms with van der Waals surface area (Å²) in [5, 5.41) is 2.96. The largest absolute Gasteiger partial charge is 0.352 e. The van der Waals surface area contributed by atoms with Gasteiger partial charge in [-0.05, 0) is 42.7 Å². The molecular formula is C21H25FN2O3S. The van der Waals surface area contributed by atoms with Crippen molar-refractivity contribution >= 4 is 15.9 Å². The molecule has 0 aliphatic heterocycles. The topological polar surface area (TPSA) is 66.5 Å². The van der Waals surface area contributed by atoms with Gasteiger partial charge in [-0.3, -0.25) is 4.79 Å². The Morgan fingerprint density at radius 1 is 1.00 bits per heavy atom. The summed E-state index contributed by atoms with van der Waals surface area (Å²) in [6.07, 6.45) is 5.18. The van der Waals surface area contributed by atoms with Crippen molar-refractivity contribution in [2.24, 2.45) is 0 Å². The monoisotopic (exact) mass is 404 g/mol. The molecule has 0 bridgehead atoms. The zero-order chi connectivity index (χ0) is 20.0. The normalized spacial score (nSPS) is 15.5. The van der Waals surface area contributed by atoms with E-state index in [-0.39, 0.29) is 29.9 Å². The second-order valence-corrected chi connectivity index (χ2v) is 9.05. The Balaban J connectivity index is 1.79. The number of amides is 1. The molecule has 1 saturated carbocycles. The zero-order valence-corrected chi connectivity index (χ0v) is 16.5. The van der Waals surface area contributed by atoms with Crippen molar-refractivity contribution in [3.8, 4) is 0 Å². The zero-order valence-electron chi connectivity index (χ0n) is 15.7. The van der Waals surface area contributed by atoms with Crippen molar-refractivity contribution in [3.63, 3.8) is 0 Å². The van der Waals surface area contributed by atoms with Crippen LogP contribution >= 0.6 is 0 Å². The van der Waals surface area contributed by atoms with Gasteiger partial charge < -0.3 is 5.32 Å². The van der Waals surface area contributed by atoms with Gasteiger partial charge in [0, 0.05) is 12.6 Å². The molecule has 0 saturated heterocycles. The van der Waals surface area contributed by atoms with E-state index in [0.717, 1.165) is 30.0 Å². The van der Waals surface area contributed by atoms with Gasteiger partial charge in [0.2, 0.25) is 15.9 Å². The van der Waals surface area contributed by atoms with Crippen molar-refractivity contribution in [2.75, 3.05) is 6.54 Å². The Morgan fingerprint density at radius 3 is 2.29 bits per heavy atom. The molecule has 1 amide bonds. The SMILES string of the molecule is O=C(CN(Cc1ccc(F)cc1)S(=O)(=O)c1ccccc1)NC1CCCCC1. The molecule has 0 atom stereocenters. The molecule has 1 N–H and O–H groups in total. The van der Waals surface area contributed by atoms with E-state index in [0.29, 0.717) is 5.56 Å². The summed E-state index contributed by atoms with van der Waals surface area (Å²) in [6, 6.07) is 13.8. The lowest BCUT2D eigenvalue weighted by atomic mass is 9.95. The highest BCUT2D eigenvalue weighted by Gasteiger charge is 2.27. The lowest BCUT2D eigenvalue weighted by Gasteiger charge is -2.26. The molecule has 0 aromatic heterocycles. The minimum atomic E-state index is -3.87. The molecule has 0 radical (unpaired) electrons. The van der Waals surface area contributed by atoms with Crippen LogP contribution in [0.25, 0.3) is 0 Å². The van der Waals surface area contributed by atoms with Gasteiger partial charge in [-0.15, -0.1) is 0 Å². The standard InChI is InChI=1S/C21H25FN2O3S/c22-18-13-11-17(12-14-18)15-24(28(26,27)20-9-5-2-6-10-20)16-21(25)23-19-7-3-1-4-8-19/h2,5-6,9-14,19H,1,3-4,7-8,15-16H2,(H,23,25). The van der Waals surface area contributed by atoms with Gasteiger partial charge in [-0.25, -0.2) is 12.8 Å². The fourth-order valence-corrected chi connectivity index (χ4v) is 4.85. The van der Waals surface area contributed by atoms with Gasteiger partial charge >= 0.3 is 0 Å². The number of carbonyl (C=O) groups is 1. The summed E-state index contributed by atoms with van der Waals surface area (Å²) in [5.74, 6) is -0.704. The molecule has 0 heterocycles. The van der Waals surface area contributed by atoms with Gasteiger partial charge in [-0.1, -0.05) is 49.6 Å². The Hall–Kier alpha value is -2.25. The third-order valence-electron chi connectivity index (χ3n) is 4.94. The average molecular weight is 405 g/mol. The number of benzene rings is 2. The van der Waals surface area contributed by atoms with Gasteiger partial charge in [0.25, 0.3) is 0 Å². The Morgan fingerprint density at radius 2 is 1.64 bits per heavy atom. The maximum absolute atomic E-state index is 13.2. The molecule has 150 valence electrons. The first kappa shape index (κ1) is 20.5. The van der Waals surface area contributed by atoms with Crippen molar-refractivity contribution in [3.05, 3.63) is 66.0 Å². The molecule has 1 fully saturated rings. The molecule has 0 unspecified atom stereocenters. The number of nitrogens with zero attached hydrogens (tertiary/aromatic N) is 1. The number of rotatable bonds is 7. The minimum Gasteiger partial charge on any atom is -0.352 e. The third-order valence-corrected chi connectivity index (χ3v) is 6.75. The number of hydrogen-bond acceptors (Lipinski definition) is 3. The first-order valence-corrected chi connectivity index (χ1v) is 11.0. The summed E-state index contributed by atoms with van der Waals surface area (Å²) in [5.41, 5.74) is 0.617. The second kappa shape index (κ2) is 9.30. The number of sulfonamides is 1. The number of nitrogens with one attached hydrogen (secondary N) is 1. The fraction of sp³-hybridized carbons (Fsp3) is 0.381. The summed E-state index contributed by atoms with van der Waals surface area (Å²) < 4.78 is 40.6. The van der Waals surface area contributed by atoms with E-state index in [1.165, 1.54) is 42.8 Å². The molecule has 7 heteroatoms. The van der Waals surface area contributed by atoms with Crippen molar-refractivity contribution in [1.29, 1.82) is 0 Å². The second-order valence-electron chi connectivity index (χ2n) is 7.12. The molecule has 1 aliphatic rings. The lowest BCUT2D eigenvalue weighted by Crippen LogP contribution is -2.44. The van der Waals surface area contributed by atoms with Crippen LogP contribution in [0.4, 0.5) is 4.39 Å². The van der Waals surface area contributed by atoms with E-state index >= 15 is 0 Å². The maximum Gasteiger partial charge on any atom is 0.243 e. The van der Waals surface area contributed by atoms with Crippen LogP contribution in [0.15, 0.2) is 59.5 Å². The Kier molecular flexibility index (Phi) is 6.80. The molecule has 2 aromatic carbocycles. The maximum atomic E-state index is 13.2. The van der Waals surface area contributed by atoms with Gasteiger partial charge in [0.15, 0.2) is 0 Å². The van der Waals surface area contributed by atoms with Crippen LogP contribution in [0, 0.1) is 5.82 Å². The first-order chi connectivity index (χ1) is 13.4. The van der Waals surface area contributed by atoms with E-state index in [1.807, 2.05) is 0 Å². The average Bonchev–Trinajstić information content (AvgIpc) is 2.70. The highest BCUT2D eigenvalue weighted by atomic mass is 32.2. The Labute approximate surface area is 165 Å². The molecule has 2 aromatic rings. The van der Waals surface area contributed by atoms with Crippen LogP contribution < -0.4 is 5.32 Å². The summed E-state index contributed by atoms with van der Waals surface area (Å²) in [7, 11) is -3.87.